The predicted molar refractivity (Wildman–Crippen MR) is 115 cm³/mol. The van der Waals surface area contributed by atoms with Crippen molar-refractivity contribution in [3.63, 3.8) is 0 Å². The van der Waals surface area contributed by atoms with Crippen LogP contribution in [0, 0.1) is 0 Å². The summed E-state index contributed by atoms with van der Waals surface area (Å²) in [5.74, 6) is 0.875. The Hall–Kier alpha value is -1.30. The van der Waals surface area contributed by atoms with Crippen LogP contribution in [0.4, 0.5) is 0 Å². The third-order valence-corrected chi connectivity index (χ3v) is 6.38. The van der Waals surface area contributed by atoms with Crippen LogP contribution in [0.1, 0.15) is 37.7 Å². The molecule has 0 radical (unpaired) electrons. The van der Waals surface area contributed by atoms with Gasteiger partial charge in [-0.05, 0) is 76.6 Å². The Morgan fingerprint density at radius 3 is 2.33 bits per heavy atom. The van der Waals surface area contributed by atoms with E-state index in [-0.39, 0.29) is 5.54 Å². The molecule has 3 rings (SSSR count). The van der Waals surface area contributed by atoms with Crippen LogP contribution in [-0.4, -0.2) is 68.1 Å². The summed E-state index contributed by atoms with van der Waals surface area (Å²) in [5.41, 5.74) is 1.46. The molecule has 0 aliphatic carbocycles. The summed E-state index contributed by atoms with van der Waals surface area (Å²) in [5, 5.41) is 7.84. The summed E-state index contributed by atoms with van der Waals surface area (Å²) >= 11 is 5.97. The van der Waals surface area contributed by atoms with Crippen molar-refractivity contribution in [2.24, 2.45) is 4.99 Å². The van der Waals surface area contributed by atoms with E-state index in [1.165, 1.54) is 63.8 Å². The fourth-order valence-electron chi connectivity index (χ4n) is 4.26. The molecule has 2 saturated heterocycles. The molecule has 6 heteroatoms. The van der Waals surface area contributed by atoms with Gasteiger partial charge in [0.2, 0.25) is 0 Å². The van der Waals surface area contributed by atoms with Crippen molar-refractivity contribution >= 4 is 17.6 Å². The average Bonchev–Trinajstić information content (AvgIpc) is 2.71. The molecule has 27 heavy (non-hydrogen) atoms. The number of hydrogen-bond donors (Lipinski definition) is 2. The molecule has 0 unspecified atom stereocenters. The molecule has 0 spiro atoms. The SMILES string of the molecule is CN=C(NCc1ccc(Cl)cc1)NCC1(N2CCCCC2)CCN(C)CC1. The summed E-state index contributed by atoms with van der Waals surface area (Å²) in [4.78, 5) is 9.64. The lowest BCUT2D eigenvalue weighted by Crippen LogP contribution is -2.62. The second-order valence-electron chi connectivity index (χ2n) is 7.98. The van der Waals surface area contributed by atoms with Gasteiger partial charge in [0.25, 0.3) is 0 Å². The number of piperidine rings is 2. The van der Waals surface area contributed by atoms with Crippen molar-refractivity contribution in [1.29, 1.82) is 0 Å². The molecule has 2 aliphatic heterocycles. The third kappa shape index (κ3) is 5.59. The number of benzene rings is 1. The lowest BCUT2D eigenvalue weighted by Gasteiger charge is -2.50. The number of likely N-dealkylation sites (tertiary alicyclic amines) is 2. The van der Waals surface area contributed by atoms with E-state index in [0.717, 1.165) is 24.1 Å². The molecule has 1 aromatic carbocycles. The molecule has 0 aromatic heterocycles. The van der Waals surface area contributed by atoms with Gasteiger partial charge in [-0.1, -0.05) is 30.2 Å². The van der Waals surface area contributed by atoms with Crippen LogP contribution < -0.4 is 10.6 Å². The van der Waals surface area contributed by atoms with Crippen molar-refractivity contribution in [2.45, 2.75) is 44.2 Å². The first-order chi connectivity index (χ1) is 13.1. The Labute approximate surface area is 169 Å². The number of guanidine groups is 1. The molecular weight excluding hydrogens is 358 g/mol. The lowest BCUT2D eigenvalue weighted by molar-refractivity contribution is 0.0173. The fourth-order valence-corrected chi connectivity index (χ4v) is 4.39. The minimum absolute atomic E-state index is 0.255. The Morgan fingerprint density at radius 1 is 1.04 bits per heavy atom. The van der Waals surface area contributed by atoms with Gasteiger partial charge < -0.3 is 15.5 Å². The predicted octanol–water partition coefficient (Wildman–Crippen LogP) is 2.96. The van der Waals surface area contributed by atoms with Crippen molar-refractivity contribution in [3.05, 3.63) is 34.9 Å². The average molecular weight is 392 g/mol. The molecule has 1 aromatic rings. The quantitative estimate of drug-likeness (QED) is 0.598. The van der Waals surface area contributed by atoms with Gasteiger partial charge in [0.1, 0.15) is 0 Å². The van der Waals surface area contributed by atoms with E-state index in [1.54, 1.807) is 0 Å². The standard InChI is InChI=1S/C21H34ClN5/c1-23-20(24-16-18-6-8-19(22)9-7-18)25-17-21(10-14-26(2)15-11-21)27-12-4-3-5-13-27/h6-9H,3-5,10-17H2,1-2H3,(H2,23,24,25). The summed E-state index contributed by atoms with van der Waals surface area (Å²) in [6.45, 7) is 6.53. The Kier molecular flexibility index (Phi) is 7.39. The van der Waals surface area contributed by atoms with Crippen LogP contribution in [0.25, 0.3) is 0 Å². The summed E-state index contributed by atoms with van der Waals surface area (Å²) in [6, 6.07) is 7.96. The van der Waals surface area contributed by atoms with Gasteiger partial charge in [0, 0.05) is 30.7 Å². The zero-order valence-corrected chi connectivity index (χ0v) is 17.6. The number of nitrogens with one attached hydrogen (secondary N) is 2. The highest BCUT2D eigenvalue weighted by Crippen LogP contribution is 2.30. The molecular formula is C21H34ClN5. The van der Waals surface area contributed by atoms with E-state index in [9.17, 15) is 0 Å². The topological polar surface area (TPSA) is 42.9 Å². The highest BCUT2D eigenvalue weighted by Gasteiger charge is 2.39. The number of rotatable bonds is 5. The van der Waals surface area contributed by atoms with E-state index in [4.69, 9.17) is 11.6 Å². The minimum atomic E-state index is 0.255. The van der Waals surface area contributed by atoms with Crippen LogP contribution in [0.2, 0.25) is 5.02 Å². The van der Waals surface area contributed by atoms with Crippen LogP contribution >= 0.6 is 11.6 Å². The zero-order chi connectivity index (χ0) is 19.1. The van der Waals surface area contributed by atoms with E-state index >= 15 is 0 Å². The van der Waals surface area contributed by atoms with E-state index in [0.29, 0.717) is 0 Å². The van der Waals surface area contributed by atoms with Gasteiger partial charge in [0.15, 0.2) is 5.96 Å². The number of hydrogen-bond acceptors (Lipinski definition) is 3. The number of halogens is 1. The maximum absolute atomic E-state index is 5.97. The van der Waals surface area contributed by atoms with Crippen LogP contribution in [0.15, 0.2) is 29.3 Å². The summed E-state index contributed by atoms with van der Waals surface area (Å²) in [6.07, 6.45) is 6.50. The molecule has 5 nitrogen and oxygen atoms in total. The summed E-state index contributed by atoms with van der Waals surface area (Å²) < 4.78 is 0. The molecule has 2 fully saturated rings. The van der Waals surface area contributed by atoms with Crippen molar-refractivity contribution in [3.8, 4) is 0 Å². The normalized spacial score (nSPS) is 21.8. The Bertz CT molecular complexity index is 602. The summed E-state index contributed by atoms with van der Waals surface area (Å²) in [7, 11) is 4.08. The maximum Gasteiger partial charge on any atom is 0.191 e. The molecule has 0 bridgehead atoms. The highest BCUT2D eigenvalue weighted by molar-refractivity contribution is 6.30. The molecule has 2 heterocycles. The Morgan fingerprint density at radius 2 is 1.70 bits per heavy atom. The van der Waals surface area contributed by atoms with Crippen molar-refractivity contribution in [2.75, 3.05) is 46.8 Å². The number of nitrogens with zero attached hydrogens (tertiary/aromatic N) is 3. The number of aliphatic imine (C=N–C) groups is 1. The lowest BCUT2D eigenvalue weighted by atomic mass is 9.84. The second-order valence-corrected chi connectivity index (χ2v) is 8.42. The maximum atomic E-state index is 5.97. The highest BCUT2D eigenvalue weighted by atomic mass is 35.5. The monoisotopic (exact) mass is 391 g/mol. The molecule has 0 saturated carbocycles. The van der Waals surface area contributed by atoms with E-state index in [1.807, 2.05) is 19.2 Å². The van der Waals surface area contributed by atoms with E-state index < -0.39 is 0 Å². The van der Waals surface area contributed by atoms with Gasteiger partial charge in [-0.15, -0.1) is 0 Å². The first kappa shape index (κ1) is 20.4. The van der Waals surface area contributed by atoms with Crippen molar-refractivity contribution in [1.82, 2.24) is 20.4 Å². The molecule has 0 amide bonds. The molecule has 0 atom stereocenters. The minimum Gasteiger partial charge on any atom is -0.355 e. The zero-order valence-electron chi connectivity index (χ0n) is 16.8. The van der Waals surface area contributed by atoms with Crippen LogP contribution in [0.3, 0.4) is 0 Å². The van der Waals surface area contributed by atoms with Crippen LogP contribution in [-0.2, 0) is 6.54 Å². The van der Waals surface area contributed by atoms with E-state index in [2.05, 4.69) is 44.6 Å². The molecule has 2 aliphatic rings. The second kappa shape index (κ2) is 9.76. The third-order valence-electron chi connectivity index (χ3n) is 6.13. The van der Waals surface area contributed by atoms with Gasteiger partial charge in [-0.3, -0.25) is 9.89 Å². The van der Waals surface area contributed by atoms with Gasteiger partial charge in [-0.25, -0.2) is 0 Å². The smallest absolute Gasteiger partial charge is 0.191 e. The molecule has 150 valence electrons. The fraction of sp³-hybridized carbons (Fsp3) is 0.667. The molecule has 2 N–H and O–H groups in total. The largest absolute Gasteiger partial charge is 0.355 e. The van der Waals surface area contributed by atoms with Crippen LogP contribution in [0.5, 0.6) is 0 Å². The van der Waals surface area contributed by atoms with Gasteiger partial charge >= 0.3 is 0 Å². The first-order valence-corrected chi connectivity index (χ1v) is 10.6. The van der Waals surface area contributed by atoms with Crippen molar-refractivity contribution < 1.29 is 0 Å². The first-order valence-electron chi connectivity index (χ1n) is 10.2. The van der Waals surface area contributed by atoms with Gasteiger partial charge in [-0.2, -0.15) is 0 Å². The van der Waals surface area contributed by atoms with Gasteiger partial charge in [0.05, 0.1) is 0 Å². The Balaban J connectivity index is 1.58.